The molecule has 2 amide bonds. The summed E-state index contributed by atoms with van der Waals surface area (Å²) >= 11 is 1.32. The number of ether oxygens (including phenoxy) is 2. The maximum absolute atomic E-state index is 13.5. The van der Waals surface area contributed by atoms with Gasteiger partial charge < -0.3 is 14.4 Å². The van der Waals surface area contributed by atoms with Crippen LogP contribution in [0.3, 0.4) is 0 Å². The van der Waals surface area contributed by atoms with Gasteiger partial charge in [-0.3, -0.25) is 18.7 Å². The molecule has 186 valence electrons. The van der Waals surface area contributed by atoms with Crippen LogP contribution in [0.2, 0.25) is 0 Å². The van der Waals surface area contributed by atoms with Gasteiger partial charge in [-0.25, -0.2) is 4.79 Å². The first-order valence-corrected chi connectivity index (χ1v) is 12.5. The summed E-state index contributed by atoms with van der Waals surface area (Å²) < 4.78 is 11.8. The van der Waals surface area contributed by atoms with Gasteiger partial charge in [0, 0.05) is 21.8 Å². The van der Waals surface area contributed by atoms with Crippen molar-refractivity contribution in [2.75, 3.05) is 20.3 Å². The number of hydrogen-bond acceptors (Lipinski definition) is 7. The fourth-order valence-electron chi connectivity index (χ4n) is 5.51. The third-order valence-electron chi connectivity index (χ3n) is 7.28. The number of amides is 2. The van der Waals surface area contributed by atoms with Crippen molar-refractivity contribution >= 4 is 46.5 Å². The molecule has 0 N–H and O–H groups in total. The molecule has 3 heterocycles. The maximum Gasteiger partial charge on any atom is 0.355 e. The average molecular weight is 507 g/mol. The molecule has 0 bridgehead atoms. The average Bonchev–Trinajstić information content (AvgIpc) is 3.13. The zero-order valence-electron chi connectivity index (χ0n) is 20.2. The lowest BCUT2D eigenvalue weighted by Gasteiger charge is -2.47. The molecule has 3 aliphatic rings. The summed E-state index contributed by atoms with van der Waals surface area (Å²) in [4.78, 5) is 54.4. The topological polar surface area (TPSA) is 93.2 Å². The highest BCUT2D eigenvalue weighted by Crippen LogP contribution is 2.50. The first-order chi connectivity index (χ1) is 17.3. The third kappa shape index (κ3) is 3.52. The van der Waals surface area contributed by atoms with Gasteiger partial charge in [0.15, 0.2) is 0 Å². The third-order valence-corrected chi connectivity index (χ3v) is 8.33. The summed E-state index contributed by atoms with van der Waals surface area (Å²) in [7, 11) is 1.29. The highest BCUT2D eigenvalue weighted by molar-refractivity contribution is 7.98. The van der Waals surface area contributed by atoms with Gasteiger partial charge in [0.25, 0.3) is 5.91 Å². The van der Waals surface area contributed by atoms with E-state index in [1.807, 2.05) is 37.3 Å². The fourth-order valence-corrected chi connectivity index (χ4v) is 6.59. The number of fused-ring (bicyclic) bond motifs is 1. The zero-order valence-corrected chi connectivity index (χ0v) is 21.0. The maximum atomic E-state index is 13.5. The monoisotopic (exact) mass is 506 g/mol. The van der Waals surface area contributed by atoms with Crippen LogP contribution in [0.25, 0.3) is 10.8 Å². The Morgan fingerprint density at radius 1 is 1.19 bits per heavy atom. The van der Waals surface area contributed by atoms with E-state index in [0.717, 1.165) is 15.7 Å². The number of β-lactam (4-membered cyclic amide) rings is 1. The molecular weight excluding hydrogens is 480 g/mol. The van der Waals surface area contributed by atoms with Crippen LogP contribution in [0.15, 0.2) is 65.2 Å². The van der Waals surface area contributed by atoms with Gasteiger partial charge in [-0.05, 0) is 35.0 Å². The Balaban J connectivity index is 1.51. The molecule has 1 saturated heterocycles. The minimum atomic E-state index is -0.661. The Bertz CT molecular complexity index is 1350. The van der Waals surface area contributed by atoms with E-state index in [0.29, 0.717) is 11.1 Å². The Hall–Kier alpha value is -3.59. The molecular formula is C27H26N2O6S. The van der Waals surface area contributed by atoms with E-state index >= 15 is 0 Å². The predicted octanol–water partition coefficient (Wildman–Crippen LogP) is 3.57. The molecule has 0 saturated carbocycles. The smallest absolute Gasteiger partial charge is 0.355 e. The van der Waals surface area contributed by atoms with Gasteiger partial charge in [0.05, 0.1) is 31.5 Å². The number of esters is 2. The second-order valence-electron chi connectivity index (χ2n) is 9.18. The molecule has 0 spiro atoms. The lowest BCUT2D eigenvalue weighted by Crippen LogP contribution is -2.63. The van der Waals surface area contributed by atoms with Crippen molar-refractivity contribution in [2.24, 2.45) is 17.8 Å². The van der Waals surface area contributed by atoms with Crippen LogP contribution in [0.1, 0.15) is 24.2 Å². The van der Waals surface area contributed by atoms with Gasteiger partial charge in [-0.1, -0.05) is 50.8 Å². The summed E-state index contributed by atoms with van der Waals surface area (Å²) in [6.45, 7) is 7.28. The van der Waals surface area contributed by atoms with Crippen molar-refractivity contribution in [3.63, 3.8) is 0 Å². The van der Waals surface area contributed by atoms with Crippen LogP contribution in [-0.4, -0.2) is 59.3 Å². The van der Waals surface area contributed by atoms with Crippen LogP contribution in [-0.2, 0) is 23.9 Å². The van der Waals surface area contributed by atoms with E-state index in [1.165, 1.54) is 30.0 Å². The van der Waals surface area contributed by atoms with E-state index in [2.05, 4.69) is 6.58 Å². The van der Waals surface area contributed by atoms with Crippen LogP contribution < -0.4 is 0 Å². The van der Waals surface area contributed by atoms with Crippen LogP contribution in [0, 0.1) is 17.8 Å². The van der Waals surface area contributed by atoms with E-state index in [9.17, 15) is 19.2 Å². The molecule has 2 aromatic rings. The van der Waals surface area contributed by atoms with Crippen molar-refractivity contribution in [3.05, 3.63) is 65.9 Å². The second kappa shape index (κ2) is 9.13. The van der Waals surface area contributed by atoms with Gasteiger partial charge in [-0.15, -0.1) is 0 Å². The quantitative estimate of drug-likeness (QED) is 0.245. The largest absolute Gasteiger partial charge is 0.469 e. The molecule has 5 rings (SSSR count). The summed E-state index contributed by atoms with van der Waals surface area (Å²) in [5.41, 5.74) is 1.38. The number of methoxy groups -OCH3 is 1. The number of nitrogens with zero attached hydrogens (tertiary/aromatic N) is 2. The van der Waals surface area contributed by atoms with E-state index in [-0.39, 0.29) is 36.6 Å². The van der Waals surface area contributed by atoms with Crippen molar-refractivity contribution in [1.29, 1.82) is 0 Å². The van der Waals surface area contributed by atoms with Crippen LogP contribution in [0.5, 0.6) is 0 Å². The molecule has 36 heavy (non-hydrogen) atoms. The number of rotatable bonds is 7. The van der Waals surface area contributed by atoms with Crippen molar-refractivity contribution < 1.29 is 28.7 Å². The molecule has 9 heteroatoms. The number of carbonyl (C=O) groups excluding carboxylic acids is 4. The SMILES string of the molecule is C=CCOC(=O)C1=C(CN2Sc3cccc4cccc(c34)C2=O)C(C)C2C(C(C)C(=O)OC)C(=O)N12. The molecule has 0 aromatic heterocycles. The summed E-state index contributed by atoms with van der Waals surface area (Å²) in [5, 5.41) is 1.90. The number of carbonyl (C=O) groups is 4. The van der Waals surface area contributed by atoms with Gasteiger partial charge in [0.2, 0.25) is 5.91 Å². The normalized spacial score (nSPS) is 23.4. The van der Waals surface area contributed by atoms with Crippen LogP contribution in [0.4, 0.5) is 0 Å². The highest BCUT2D eigenvalue weighted by atomic mass is 32.2. The number of benzene rings is 2. The lowest BCUT2D eigenvalue weighted by atomic mass is 9.74. The zero-order chi connectivity index (χ0) is 25.7. The summed E-state index contributed by atoms with van der Waals surface area (Å²) in [5.74, 6) is -3.16. The van der Waals surface area contributed by atoms with Crippen molar-refractivity contribution in [1.82, 2.24) is 9.21 Å². The van der Waals surface area contributed by atoms with Crippen molar-refractivity contribution in [3.8, 4) is 0 Å². The van der Waals surface area contributed by atoms with E-state index in [1.54, 1.807) is 17.3 Å². The van der Waals surface area contributed by atoms with Gasteiger partial charge in [-0.2, -0.15) is 0 Å². The first kappa shape index (κ1) is 24.1. The molecule has 4 atom stereocenters. The van der Waals surface area contributed by atoms with Gasteiger partial charge in [0.1, 0.15) is 12.3 Å². The molecule has 2 aromatic carbocycles. The van der Waals surface area contributed by atoms with E-state index < -0.39 is 29.8 Å². The lowest BCUT2D eigenvalue weighted by molar-refractivity contribution is -0.168. The Kier molecular flexibility index (Phi) is 6.12. The molecule has 4 unspecified atom stereocenters. The molecule has 0 radical (unpaired) electrons. The van der Waals surface area contributed by atoms with Crippen LogP contribution >= 0.6 is 11.9 Å². The molecule has 0 aliphatic carbocycles. The number of hydrogen-bond donors (Lipinski definition) is 0. The van der Waals surface area contributed by atoms with Gasteiger partial charge >= 0.3 is 11.9 Å². The highest BCUT2D eigenvalue weighted by Gasteiger charge is 2.61. The Morgan fingerprint density at radius 2 is 1.92 bits per heavy atom. The second-order valence-corrected chi connectivity index (χ2v) is 10.2. The standard InChI is InChI=1S/C27H26N2O6S/c1-5-12-35-27(33)23-18(14(2)22-20(25(31)29(22)23)15(3)26(32)34-4)13-28-24(30)17-10-6-8-16-9-7-11-19(36-28)21(16)17/h5-11,14-15,20,22H,1,12-13H2,2-4H3. The summed E-state index contributed by atoms with van der Waals surface area (Å²) in [6.07, 6.45) is 1.45. The predicted molar refractivity (Wildman–Crippen MR) is 133 cm³/mol. The van der Waals surface area contributed by atoms with Crippen molar-refractivity contribution in [2.45, 2.75) is 24.8 Å². The Labute approximate surface area is 213 Å². The summed E-state index contributed by atoms with van der Waals surface area (Å²) in [6, 6.07) is 11.1. The minimum Gasteiger partial charge on any atom is -0.469 e. The minimum absolute atomic E-state index is 0.00848. The van der Waals surface area contributed by atoms with E-state index in [4.69, 9.17) is 9.47 Å². The fraction of sp³-hybridized carbons (Fsp3) is 0.333. The molecule has 3 aliphatic heterocycles. The molecule has 8 nitrogen and oxygen atoms in total. The Morgan fingerprint density at radius 3 is 2.61 bits per heavy atom. The molecule has 1 fully saturated rings. The first-order valence-electron chi connectivity index (χ1n) is 11.7.